The standard InChI is InChI=1S/C18H28N2O6S2/c1-14-11-15(3-4-17(14)25-2)28(23,24)18-13-27(21,22)12-16(18)19-5-6-20-7-9-26-10-8-20/h3-4,11,16,18-19H,5-10,12-13H2,1-2H3/t16-,18-/m1/s1. The van der Waals surface area contributed by atoms with Crippen molar-refractivity contribution in [2.24, 2.45) is 0 Å². The summed E-state index contributed by atoms with van der Waals surface area (Å²) < 4.78 is 61.3. The van der Waals surface area contributed by atoms with Crippen molar-refractivity contribution >= 4 is 19.7 Å². The molecule has 1 aromatic carbocycles. The minimum Gasteiger partial charge on any atom is -0.496 e. The molecule has 8 nitrogen and oxygen atoms in total. The van der Waals surface area contributed by atoms with Crippen molar-refractivity contribution in [1.82, 2.24) is 10.2 Å². The zero-order valence-corrected chi connectivity index (χ0v) is 17.9. The van der Waals surface area contributed by atoms with Crippen LogP contribution in [-0.4, -0.2) is 91.0 Å². The predicted molar refractivity (Wildman–Crippen MR) is 106 cm³/mol. The summed E-state index contributed by atoms with van der Waals surface area (Å²) in [6.07, 6.45) is 0. The van der Waals surface area contributed by atoms with E-state index in [-0.39, 0.29) is 16.4 Å². The molecule has 0 aromatic heterocycles. The van der Waals surface area contributed by atoms with Gasteiger partial charge in [-0.15, -0.1) is 0 Å². The maximum atomic E-state index is 13.2. The number of aryl methyl sites for hydroxylation is 1. The number of morpholine rings is 1. The monoisotopic (exact) mass is 432 g/mol. The maximum absolute atomic E-state index is 13.2. The second kappa shape index (κ2) is 8.66. The highest BCUT2D eigenvalue weighted by atomic mass is 32.2. The van der Waals surface area contributed by atoms with Gasteiger partial charge in [0.15, 0.2) is 19.7 Å². The molecule has 10 heteroatoms. The molecule has 0 amide bonds. The van der Waals surface area contributed by atoms with Crippen LogP contribution in [-0.2, 0) is 24.4 Å². The largest absolute Gasteiger partial charge is 0.496 e. The van der Waals surface area contributed by atoms with Crippen molar-refractivity contribution in [3.8, 4) is 5.75 Å². The van der Waals surface area contributed by atoms with Crippen LogP contribution in [0.3, 0.4) is 0 Å². The van der Waals surface area contributed by atoms with Crippen LogP contribution in [0.25, 0.3) is 0 Å². The SMILES string of the molecule is COc1ccc(S(=O)(=O)[C@@H]2CS(=O)(=O)C[C@H]2NCCN2CCOCC2)cc1C. The summed E-state index contributed by atoms with van der Waals surface area (Å²) in [5.74, 6) is 0.0864. The van der Waals surface area contributed by atoms with Crippen LogP contribution in [0, 0.1) is 6.92 Å². The molecule has 2 aliphatic heterocycles. The van der Waals surface area contributed by atoms with Gasteiger partial charge in [-0.1, -0.05) is 0 Å². The Bertz CT molecular complexity index is 895. The Morgan fingerprint density at radius 2 is 1.96 bits per heavy atom. The normalized spacial score (nSPS) is 25.6. The topological polar surface area (TPSA) is 102 Å². The van der Waals surface area contributed by atoms with Crippen molar-refractivity contribution in [2.45, 2.75) is 23.1 Å². The van der Waals surface area contributed by atoms with Crippen LogP contribution < -0.4 is 10.1 Å². The highest BCUT2D eigenvalue weighted by Crippen LogP contribution is 2.29. The number of methoxy groups -OCH3 is 1. The summed E-state index contributed by atoms with van der Waals surface area (Å²) >= 11 is 0. The summed E-state index contributed by atoms with van der Waals surface area (Å²) in [5, 5.41) is 2.19. The average Bonchev–Trinajstić information content (AvgIpc) is 2.98. The minimum absolute atomic E-state index is 0.132. The predicted octanol–water partition coefficient (Wildman–Crippen LogP) is -0.135. The van der Waals surface area contributed by atoms with Crippen molar-refractivity contribution in [1.29, 1.82) is 0 Å². The van der Waals surface area contributed by atoms with E-state index in [1.54, 1.807) is 19.1 Å². The molecule has 0 saturated carbocycles. The fraction of sp³-hybridized carbons (Fsp3) is 0.667. The molecule has 2 saturated heterocycles. The van der Waals surface area contributed by atoms with Crippen molar-refractivity contribution in [3.05, 3.63) is 23.8 Å². The molecule has 1 aromatic rings. The average molecular weight is 433 g/mol. The van der Waals surface area contributed by atoms with Gasteiger partial charge in [0.25, 0.3) is 0 Å². The van der Waals surface area contributed by atoms with E-state index in [0.29, 0.717) is 31.1 Å². The zero-order chi connectivity index (χ0) is 20.4. The number of sulfone groups is 2. The summed E-state index contributed by atoms with van der Waals surface area (Å²) in [5.41, 5.74) is 0.696. The van der Waals surface area contributed by atoms with Gasteiger partial charge in [-0.05, 0) is 30.7 Å². The lowest BCUT2D eigenvalue weighted by Crippen LogP contribution is -2.47. The Morgan fingerprint density at radius 3 is 2.61 bits per heavy atom. The van der Waals surface area contributed by atoms with Gasteiger partial charge in [-0.2, -0.15) is 0 Å². The van der Waals surface area contributed by atoms with Crippen LogP contribution in [0.4, 0.5) is 0 Å². The lowest BCUT2D eigenvalue weighted by molar-refractivity contribution is 0.0382. The lowest BCUT2D eigenvalue weighted by Gasteiger charge is -2.27. The third-order valence-electron chi connectivity index (χ3n) is 5.33. The van der Waals surface area contributed by atoms with Crippen LogP contribution in [0.5, 0.6) is 5.75 Å². The van der Waals surface area contributed by atoms with E-state index in [1.165, 1.54) is 13.2 Å². The van der Waals surface area contributed by atoms with Gasteiger partial charge in [0.1, 0.15) is 5.75 Å². The number of hydrogen-bond donors (Lipinski definition) is 1. The Balaban J connectivity index is 1.74. The van der Waals surface area contributed by atoms with Crippen molar-refractivity contribution in [3.63, 3.8) is 0 Å². The Morgan fingerprint density at radius 1 is 1.25 bits per heavy atom. The molecule has 158 valence electrons. The fourth-order valence-corrected chi connectivity index (χ4v) is 8.55. The first kappa shape index (κ1) is 21.5. The van der Waals surface area contributed by atoms with Gasteiger partial charge in [0.2, 0.25) is 0 Å². The van der Waals surface area contributed by atoms with Gasteiger partial charge >= 0.3 is 0 Å². The van der Waals surface area contributed by atoms with Gasteiger partial charge < -0.3 is 14.8 Å². The highest BCUT2D eigenvalue weighted by molar-refractivity contribution is 7.96. The number of benzene rings is 1. The molecule has 2 atom stereocenters. The molecule has 28 heavy (non-hydrogen) atoms. The quantitative estimate of drug-likeness (QED) is 0.636. The van der Waals surface area contributed by atoms with Gasteiger partial charge in [-0.3, -0.25) is 4.90 Å². The Hall–Kier alpha value is -1.20. The lowest BCUT2D eigenvalue weighted by atomic mass is 10.2. The van der Waals surface area contributed by atoms with Crippen LogP contribution in [0.15, 0.2) is 23.1 Å². The number of hydrogen-bond acceptors (Lipinski definition) is 8. The van der Waals surface area contributed by atoms with Gasteiger partial charge in [-0.25, -0.2) is 16.8 Å². The molecule has 0 unspecified atom stereocenters. The number of ether oxygens (including phenoxy) is 2. The highest BCUT2D eigenvalue weighted by Gasteiger charge is 2.45. The van der Waals surface area contributed by atoms with E-state index in [9.17, 15) is 16.8 Å². The second-order valence-electron chi connectivity index (χ2n) is 7.31. The molecule has 2 fully saturated rings. The Labute approximate surface area is 167 Å². The molecule has 2 aliphatic rings. The van der Waals surface area contributed by atoms with E-state index in [4.69, 9.17) is 9.47 Å². The van der Waals surface area contributed by atoms with Gasteiger partial charge in [0.05, 0.1) is 42.0 Å². The summed E-state index contributed by atoms with van der Waals surface area (Å²) in [6.45, 7) is 6.07. The molecule has 2 heterocycles. The molecule has 3 rings (SSSR count). The first-order valence-electron chi connectivity index (χ1n) is 9.35. The molecule has 0 radical (unpaired) electrons. The second-order valence-corrected chi connectivity index (χ2v) is 11.6. The zero-order valence-electron chi connectivity index (χ0n) is 16.3. The molecular weight excluding hydrogens is 404 g/mol. The van der Waals surface area contributed by atoms with Crippen LogP contribution >= 0.6 is 0 Å². The summed E-state index contributed by atoms with van der Waals surface area (Å²) in [6, 6.07) is 4.02. The fourth-order valence-electron chi connectivity index (χ4n) is 3.75. The first-order valence-corrected chi connectivity index (χ1v) is 12.7. The molecular formula is C18H28N2O6S2. The first-order chi connectivity index (χ1) is 13.2. The van der Waals surface area contributed by atoms with Gasteiger partial charge in [0, 0.05) is 32.2 Å². The molecule has 0 spiro atoms. The summed E-state index contributed by atoms with van der Waals surface area (Å²) in [7, 11) is -5.68. The minimum atomic E-state index is -3.79. The van der Waals surface area contributed by atoms with Crippen LogP contribution in [0.1, 0.15) is 5.56 Å². The van der Waals surface area contributed by atoms with Crippen molar-refractivity contribution < 1.29 is 26.3 Å². The smallest absolute Gasteiger partial charge is 0.183 e. The van der Waals surface area contributed by atoms with E-state index < -0.39 is 31.0 Å². The van der Waals surface area contributed by atoms with Crippen molar-refractivity contribution in [2.75, 3.05) is 58.0 Å². The van der Waals surface area contributed by atoms with E-state index in [0.717, 1.165) is 19.6 Å². The Kier molecular flexibility index (Phi) is 6.65. The van der Waals surface area contributed by atoms with E-state index in [2.05, 4.69) is 10.2 Å². The van der Waals surface area contributed by atoms with E-state index >= 15 is 0 Å². The molecule has 0 bridgehead atoms. The number of nitrogens with one attached hydrogen (secondary N) is 1. The third-order valence-corrected chi connectivity index (χ3v) is 9.48. The maximum Gasteiger partial charge on any atom is 0.183 e. The van der Waals surface area contributed by atoms with E-state index in [1.807, 2.05) is 0 Å². The third kappa shape index (κ3) is 4.85. The number of rotatable bonds is 7. The van der Waals surface area contributed by atoms with Crippen LogP contribution in [0.2, 0.25) is 0 Å². The number of nitrogens with zero attached hydrogens (tertiary/aromatic N) is 1. The molecule has 0 aliphatic carbocycles. The summed E-state index contributed by atoms with van der Waals surface area (Å²) in [4.78, 5) is 2.35. The molecule has 1 N–H and O–H groups in total.